The van der Waals surface area contributed by atoms with Crippen molar-refractivity contribution >= 4 is 0 Å². The summed E-state index contributed by atoms with van der Waals surface area (Å²) < 4.78 is 0. The molecule has 0 aromatic rings. The van der Waals surface area contributed by atoms with Crippen molar-refractivity contribution in [3.63, 3.8) is 0 Å². The van der Waals surface area contributed by atoms with Gasteiger partial charge in [-0.25, -0.2) is 0 Å². The van der Waals surface area contributed by atoms with Crippen LogP contribution in [0.3, 0.4) is 0 Å². The molecule has 0 amide bonds. The van der Waals surface area contributed by atoms with Crippen LogP contribution in [0.5, 0.6) is 0 Å². The molecule has 0 spiro atoms. The highest BCUT2D eigenvalue weighted by molar-refractivity contribution is 4.84. The quantitative estimate of drug-likeness (QED) is 0.509. The van der Waals surface area contributed by atoms with E-state index in [1.165, 1.54) is 38.9 Å². The number of rotatable bonds is 6. The molecule has 1 heterocycles. The van der Waals surface area contributed by atoms with Gasteiger partial charge in [-0.15, -0.1) is 12.3 Å². The molecule has 80 valence electrons. The number of likely N-dealkylation sites (tertiary alicyclic amines) is 1. The molecule has 1 fully saturated rings. The molecule has 14 heavy (non-hydrogen) atoms. The Kier molecular flexibility index (Phi) is 5.66. The maximum atomic E-state index is 5.21. The summed E-state index contributed by atoms with van der Waals surface area (Å²) in [7, 11) is 0. The zero-order chi connectivity index (χ0) is 10.2. The fourth-order valence-electron chi connectivity index (χ4n) is 2.05. The van der Waals surface area contributed by atoms with Gasteiger partial charge in [-0.1, -0.05) is 6.92 Å². The Morgan fingerprint density at radius 3 is 3.07 bits per heavy atom. The standard InChI is InChI=1S/C12H22N2/c1-3-5-6-7-9-14-10-8-12(11-14)13-4-2/h1,12-13H,4-11H2,2H3. The molecule has 2 heteroatoms. The lowest BCUT2D eigenvalue weighted by molar-refractivity contribution is 0.321. The van der Waals surface area contributed by atoms with Gasteiger partial charge in [0.05, 0.1) is 0 Å². The molecule has 1 atom stereocenters. The van der Waals surface area contributed by atoms with Crippen LogP contribution in [0.25, 0.3) is 0 Å². The van der Waals surface area contributed by atoms with Crippen LogP contribution >= 0.6 is 0 Å². The molecular formula is C12H22N2. The van der Waals surface area contributed by atoms with Gasteiger partial charge in [-0.05, 0) is 38.9 Å². The van der Waals surface area contributed by atoms with Crippen molar-refractivity contribution in [2.75, 3.05) is 26.2 Å². The molecule has 1 saturated heterocycles. The lowest BCUT2D eigenvalue weighted by atomic mass is 10.2. The lowest BCUT2D eigenvalue weighted by Gasteiger charge is -2.15. The van der Waals surface area contributed by atoms with E-state index >= 15 is 0 Å². The maximum absolute atomic E-state index is 5.21. The van der Waals surface area contributed by atoms with Crippen molar-refractivity contribution in [1.82, 2.24) is 10.2 Å². The first-order valence-electron chi connectivity index (χ1n) is 5.76. The summed E-state index contributed by atoms with van der Waals surface area (Å²) >= 11 is 0. The second kappa shape index (κ2) is 6.86. The predicted molar refractivity (Wildman–Crippen MR) is 61.2 cm³/mol. The third-order valence-corrected chi connectivity index (χ3v) is 2.81. The van der Waals surface area contributed by atoms with Gasteiger partial charge in [0, 0.05) is 19.0 Å². The van der Waals surface area contributed by atoms with Gasteiger partial charge in [0.2, 0.25) is 0 Å². The molecule has 2 nitrogen and oxygen atoms in total. The maximum Gasteiger partial charge on any atom is 0.0207 e. The van der Waals surface area contributed by atoms with E-state index in [-0.39, 0.29) is 0 Å². The third-order valence-electron chi connectivity index (χ3n) is 2.81. The van der Waals surface area contributed by atoms with Crippen molar-refractivity contribution in [3.8, 4) is 12.3 Å². The fraction of sp³-hybridized carbons (Fsp3) is 0.833. The SMILES string of the molecule is C#CCCCCN1CCC(NCC)C1. The molecule has 0 radical (unpaired) electrons. The van der Waals surface area contributed by atoms with E-state index in [1.54, 1.807) is 0 Å². The Balaban J connectivity index is 2.02. The highest BCUT2D eigenvalue weighted by atomic mass is 15.2. The zero-order valence-corrected chi connectivity index (χ0v) is 9.26. The monoisotopic (exact) mass is 194 g/mol. The average Bonchev–Trinajstić information content (AvgIpc) is 2.61. The smallest absolute Gasteiger partial charge is 0.0207 e. The van der Waals surface area contributed by atoms with E-state index in [1.807, 2.05) is 0 Å². The average molecular weight is 194 g/mol. The van der Waals surface area contributed by atoms with Gasteiger partial charge in [0.25, 0.3) is 0 Å². The van der Waals surface area contributed by atoms with Crippen molar-refractivity contribution in [3.05, 3.63) is 0 Å². The van der Waals surface area contributed by atoms with E-state index in [2.05, 4.69) is 23.1 Å². The van der Waals surface area contributed by atoms with Crippen LogP contribution < -0.4 is 5.32 Å². The van der Waals surface area contributed by atoms with E-state index in [4.69, 9.17) is 6.42 Å². The molecule has 0 saturated carbocycles. The van der Waals surface area contributed by atoms with E-state index < -0.39 is 0 Å². The van der Waals surface area contributed by atoms with Crippen LogP contribution in [-0.2, 0) is 0 Å². The van der Waals surface area contributed by atoms with Crippen molar-refractivity contribution in [2.45, 2.75) is 38.6 Å². The molecule has 1 aliphatic heterocycles. The molecule has 0 aromatic carbocycles. The topological polar surface area (TPSA) is 15.3 Å². The Bertz CT molecular complexity index is 183. The van der Waals surface area contributed by atoms with Gasteiger partial charge in [-0.3, -0.25) is 0 Å². The normalized spacial score (nSPS) is 22.4. The first-order valence-corrected chi connectivity index (χ1v) is 5.76. The minimum Gasteiger partial charge on any atom is -0.313 e. The first-order chi connectivity index (χ1) is 6.86. The van der Waals surface area contributed by atoms with E-state index in [0.29, 0.717) is 0 Å². The fourth-order valence-corrected chi connectivity index (χ4v) is 2.05. The lowest BCUT2D eigenvalue weighted by Crippen LogP contribution is -2.32. The molecule has 1 N–H and O–H groups in total. The summed E-state index contributed by atoms with van der Waals surface area (Å²) in [5.74, 6) is 2.69. The first kappa shape index (κ1) is 11.6. The second-order valence-electron chi connectivity index (χ2n) is 4.01. The number of hydrogen-bond donors (Lipinski definition) is 1. The van der Waals surface area contributed by atoms with Crippen LogP contribution in [0.4, 0.5) is 0 Å². The van der Waals surface area contributed by atoms with Crippen molar-refractivity contribution in [1.29, 1.82) is 0 Å². The molecule has 0 bridgehead atoms. The Morgan fingerprint density at radius 1 is 1.50 bits per heavy atom. The number of nitrogens with one attached hydrogen (secondary N) is 1. The van der Waals surface area contributed by atoms with Gasteiger partial charge in [0.15, 0.2) is 0 Å². The van der Waals surface area contributed by atoms with Crippen molar-refractivity contribution < 1.29 is 0 Å². The van der Waals surface area contributed by atoms with E-state index in [0.717, 1.165) is 19.0 Å². The number of terminal acetylenes is 1. The largest absolute Gasteiger partial charge is 0.313 e. The van der Waals surface area contributed by atoms with Crippen LogP contribution in [0.15, 0.2) is 0 Å². The minimum absolute atomic E-state index is 0.729. The highest BCUT2D eigenvalue weighted by Gasteiger charge is 2.20. The molecule has 1 unspecified atom stereocenters. The Morgan fingerprint density at radius 2 is 2.36 bits per heavy atom. The summed E-state index contributed by atoms with van der Waals surface area (Å²) in [5, 5.41) is 3.50. The molecule has 0 aliphatic carbocycles. The molecule has 1 aliphatic rings. The summed E-state index contributed by atoms with van der Waals surface area (Å²) in [5.41, 5.74) is 0. The predicted octanol–water partition coefficient (Wildman–Crippen LogP) is 1.47. The summed E-state index contributed by atoms with van der Waals surface area (Å²) in [6.07, 6.45) is 9.89. The number of likely N-dealkylation sites (N-methyl/N-ethyl adjacent to an activating group) is 1. The Hall–Kier alpha value is -0.520. The molecule has 0 aromatic heterocycles. The number of nitrogens with zero attached hydrogens (tertiary/aromatic N) is 1. The summed E-state index contributed by atoms with van der Waals surface area (Å²) in [4.78, 5) is 2.55. The van der Waals surface area contributed by atoms with Gasteiger partial charge < -0.3 is 10.2 Å². The second-order valence-corrected chi connectivity index (χ2v) is 4.01. The molecular weight excluding hydrogens is 172 g/mol. The summed E-state index contributed by atoms with van der Waals surface area (Å²) in [6, 6.07) is 0.729. The van der Waals surface area contributed by atoms with Gasteiger partial charge in [0.1, 0.15) is 0 Å². The van der Waals surface area contributed by atoms with Crippen LogP contribution in [-0.4, -0.2) is 37.1 Å². The summed E-state index contributed by atoms with van der Waals surface area (Å²) in [6.45, 7) is 6.98. The minimum atomic E-state index is 0.729. The number of hydrogen-bond acceptors (Lipinski definition) is 2. The van der Waals surface area contributed by atoms with Crippen LogP contribution in [0.1, 0.15) is 32.6 Å². The molecule has 1 rings (SSSR count). The van der Waals surface area contributed by atoms with Crippen molar-refractivity contribution in [2.24, 2.45) is 0 Å². The van der Waals surface area contributed by atoms with Crippen LogP contribution in [0, 0.1) is 12.3 Å². The zero-order valence-electron chi connectivity index (χ0n) is 9.26. The van der Waals surface area contributed by atoms with Gasteiger partial charge >= 0.3 is 0 Å². The third kappa shape index (κ3) is 4.13. The van der Waals surface area contributed by atoms with E-state index in [9.17, 15) is 0 Å². The number of unbranched alkanes of at least 4 members (excludes halogenated alkanes) is 2. The van der Waals surface area contributed by atoms with Crippen LogP contribution in [0.2, 0.25) is 0 Å². The van der Waals surface area contributed by atoms with Gasteiger partial charge in [-0.2, -0.15) is 0 Å². The highest BCUT2D eigenvalue weighted by Crippen LogP contribution is 2.10. The Labute approximate surface area is 88.1 Å².